The van der Waals surface area contributed by atoms with Crippen molar-refractivity contribution in [3.8, 4) is 0 Å². The van der Waals surface area contributed by atoms with E-state index in [2.05, 4.69) is 53.2 Å². The predicted octanol–water partition coefficient (Wildman–Crippen LogP) is 3.22. The van der Waals surface area contributed by atoms with Gasteiger partial charge in [-0.3, -0.25) is 4.99 Å². The summed E-state index contributed by atoms with van der Waals surface area (Å²) in [5.74, 6) is 0.926. The molecule has 1 rings (SSSR count). The number of guanidine groups is 1. The highest BCUT2D eigenvalue weighted by molar-refractivity contribution is 14.0. The summed E-state index contributed by atoms with van der Waals surface area (Å²) in [6.07, 6.45) is 3.18. The van der Waals surface area contributed by atoms with E-state index in [1.54, 1.807) is 11.3 Å². The second-order valence-electron chi connectivity index (χ2n) is 4.02. The van der Waals surface area contributed by atoms with Crippen molar-refractivity contribution in [1.82, 2.24) is 10.6 Å². The Morgan fingerprint density at radius 2 is 2.26 bits per heavy atom. The molecule has 0 saturated heterocycles. The minimum absolute atomic E-state index is 0. The molecule has 0 bridgehead atoms. The SMILES string of the molecule is CCNC(=NCC(C)SC)NCCc1cccs1.I. The maximum absolute atomic E-state index is 4.58. The second-order valence-corrected chi connectivity index (χ2v) is 6.33. The molecule has 6 heteroatoms. The lowest BCUT2D eigenvalue weighted by molar-refractivity contribution is 0.800. The normalized spacial score (nSPS) is 12.7. The van der Waals surface area contributed by atoms with E-state index in [-0.39, 0.29) is 24.0 Å². The van der Waals surface area contributed by atoms with Crippen molar-refractivity contribution >= 4 is 53.0 Å². The van der Waals surface area contributed by atoms with E-state index in [0.29, 0.717) is 5.25 Å². The number of thioether (sulfide) groups is 1. The van der Waals surface area contributed by atoms with Crippen molar-refractivity contribution in [2.75, 3.05) is 25.9 Å². The minimum atomic E-state index is 0. The fourth-order valence-electron chi connectivity index (χ4n) is 1.40. The van der Waals surface area contributed by atoms with Crippen LogP contribution in [0.25, 0.3) is 0 Å². The zero-order valence-corrected chi connectivity index (χ0v) is 15.8. The molecule has 0 radical (unpaired) electrons. The van der Waals surface area contributed by atoms with Crippen LogP contribution >= 0.6 is 47.1 Å². The molecule has 0 aromatic carbocycles. The third-order valence-electron chi connectivity index (χ3n) is 2.50. The van der Waals surface area contributed by atoms with Gasteiger partial charge in [0.15, 0.2) is 5.96 Å². The van der Waals surface area contributed by atoms with Crippen LogP contribution in [0, 0.1) is 0 Å². The Kier molecular flexibility index (Phi) is 11.9. The molecule has 110 valence electrons. The Balaban J connectivity index is 0.00000324. The Labute approximate surface area is 142 Å². The van der Waals surface area contributed by atoms with E-state index >= 15 is 0 Å². The van der Waals surface area contributed by atoms with Crippen molar-refractivity contribution in [2.24, 2.45) is 4.99 Å². The van der Waals surface area contributed by atoms with E-state index < -0.39 is 0 Å². The lowest BCUT2D eigenvalue weighted by atomic mass is 10.3. The van der Waals surface area contributed by atoms with Crippen LogP contribution < -0.4 is 10.6 Å². The van der Waals surface area contributed by atoms with Gasteiger partial charge in [0.25, 0.3) is 0 Å². The molecule has 0 aliphatic rings. The number of halogens is 1. The highest BCUT2D eigenvalue weighted by atomic mass is 127. The summed E-state index contributed by atoms with van der Waals surface area (Å²) in [6, 6.07) is 4.27. The first-order valence-electron chi connectivity index (χ1n) is 6.33. The molecule has 0 spiro atoms. The molecule has 0 aliphatic heterocycles. The number of thiophene rings is 1. The number of nitrogens with zero attached hydrogens (tertiary/aromatic N) is 1. The van der Waals surface area contributed by atoms with Crippen molar-refractivity contribution in [3.63, 3.8) is 0 Å². The van der Waals surface area contributed by atoms with Gasteiger partial charge in [0, 0.05) is 23.2 Å². The summed E-state index contributed by atoms with van der Waals surface area (Å²) in [5.41, 5.74) is 0. The molecule has 1 atom stereocenters. The molecule has 19 heavy (non-hydrogen) atoms. The number of rotatable bonds is 7. The molecular formula is C13H24IN3S2. The van der Waals surface area contributed by atoms with E-state index in [4.69, 9.17) is 0 Å². The second kappa shape index (κ2) is 11.8. The van der Waals surface area contributed by atoms with E-state index in [0.717, 1.165) is 32.0 Å². The fourth-order valence-corrected chi connectivity index (χ4v) is 2.33. The highest BCUT2D eigenvalue weighted by Gasteiger charge is 2.01. The molecule has 1 aromatic rings. The van der Waals surface area contributed by atoms with Gasteiger partial charge in [-0.1, -0.05) is 13.0 Å². The fraction of sp³-hybridized carbons (Fsp3) is 0.615. The molecule has 1 aromatic heterocycles. The van der Waals surface area contributed by atoms with Gasteiger partial charge in [0.2, 0.25) is 0 Å². The van der Waals surface area contributed by atoms with Gasteiger partial charge in [0.05, 0.1) is 6.54 Å². The molecule has 0 amide bonds. The number of aliphatic imine (C=N–C) groups is 1. The first kappa shape index (κ1) is 19.1. The van der Waals surface area contributed by atoms with Gasteiger partial charge >= 0.3 is 0 Å². The molecule has 1 heterocycles. The summed E-state index contributed by atoms with van der Waals surface area (Å²) in [6.45, 7) is 6.98. The van der Waals surface area contributed by atoms with Crippen molar-refractivity contribution in [1.29, 1.82) is 0 Å². The smallest absolute Gasteiger partial charge is 0.191 e. The Hall–Kier alpha value is 0.0500. The molecule has 1 unspecified atom stereocenters. The van der Waals surface area contributed by atoms with Crippen LogP contribution in [0.4, 0.5) is 0 Å². The van der Waals surface area contributed by atoms with Crippen LogP contribution in [0.5, 0.6) is 0 Å². The zero-order chi connectivity index (χ0) is 13.2. The average molecular weight is 413 g/mol. The number of hydrogen-bond donors (Lipinski definition) is 2. The van der Waals surface area contributed by atoms with E-state index in [1.807, 2.05) is 11.8 Å². The van der Waals surface area contributed by atoms with Gasteiger partial charge in [-0.05, 0) is 31.0 Å². The lowest BCUT2D eigenvalue weighted by Gasteiger charge is -2.12. The predicted molar refractivity (Wildman–Crippen MR) is 100 cm³/mol. The van der Waals surface area contributed by atoms with Gasteiger partial charge < -0.3 is 10.6 Å². The molecule has 0 saturated carbocycles. The molecule has 2 N–H and O–H groups in total. The van der Waals surface area contributed by atoms with Crippen LogP contribution in [0.2, 0.25) is 0 Å². The Morgan fingerprint density at radius 3 is 2.84 bits per heavy atom. The monoisotopic (exact) mass is 413 g/mol. The summed E-state index contributed by atoms with van der Waals surface area (Å²) in [7, 11) is 0. The van der Waals surface area contributed by atoms with E-state index in [9.17, 15) is 0 Å². The largest absolute Gasteiger partial charge is 0.357 e. The van der Waals surface area contributed by atoms with Gasteiger partial charge in [-0.15, -0.1) is 35.3 Å². The van der Waals surface area contributed by atoms with E-state index in [1.165, 1.54) is 4.88 Å². The summed E-state index contributed by atoms with van der Waals surface area (Å²) >= 11 is 3.65. The molecular weight excluding hydrogens is 389 g/mol. The quantitative estimate of drug-likeness (QED) is 0.410. The van der Waals surface area contributed by atoms with Crippen molar-refractivity contribution in [3.05, 3.63) is 22.4 Å². The van der Waals surface area contributed by atoms with Gasteiger partial charge in [-0.2, -0.15) is 11.8 Å². The molecule has 0 aliphatic carbocycles. The van der Waals surface area contributed by atoms with Crippen LogP contribution in [0.15, 0.2) is 22.5 Å². The first-order chi connectivity index (χ1) is 8.76. The van der Waals surface area contributed by atoms with Crippen LogP contribution in [-0.4, -0.2) is 37.1 Å². The van der Waals surface area contributed by atoms with Gasteiger partial charge in [-0.25, -0.2) is 0 Å². The highest BCUT2D eigenvalue weighted by Crippen LogP contribution is 2.08. The maximum Gasteiger partial charge on any atom is 0.191 e. The average Bonchev–Trinajstić information content (AvgIpc) is 2.88. The summed E-state index contributed by atoms with van der Waals surface area (Å²) < 4.78 is 0. The third kappa shape index (κ3) is 8.75. The standard InChI is InChI=1S/C13H23N3S2.HI/c1-4-14-13(16-10-11(2)17-3)15-8-7-12-6-5-9-18-12;/h5-6,9,11H,4,7-8,10H2,1-3H3,(H2,14,15,16);1H. The first-order valence-corrected chi connectivity index (χ1v) is 8.50. The lowest BCUT2D eigenvalue weighted by Crippen LogP contribution is -2.38. The van der Waals surface area contributed by atoms with Crippen LogP contribution in [0.3, 0.4) is 0 Å². The van der Waals surface area contributed by atoms with Crippen LogP contribution in [-0.2, 0) is 6.42 Å². The Morgan fingerprint density at radius 1 is 1.47 bits per heavy atom. The topological polar surface area (TPSA) is 36.4 Å². The minimum Gasteiger partial charge on any atom is -0.357 e. The number of hydrogen-bond acceptors (Lipinski definition) is 3. The van der Waals surface area contributed by atoms with Crippen molar-refractivity contribution in [2.45, 2.75) is 25.5 Å². The summed E-state index contributed by atoms with van der Waals surface area (Å²) in [4.78, 5) is 5.99. The number of nitrogens with one attached hydrogen (secondary N) is 2. The molecule has 0 fully saturated rings. The summed E-state index contributed by atoms with van der Waals surface area (Å²) in [5, 5.41) is 9.34. The Bertz CT molecular complexity index is 342. The zero-order valence-electron chi connectivity index (χ0n) is 11.8. The van der Waals surface area contributed by atoms with Gasteiger partial charge in [0.1, 0.15) is 0 Å². The maximum atomic E-state index is 4.58. The molecule has 3 nitrogen and oxygen atoms in total. The van der Waals surface area contributed by atoms with Crippen LogP contribution in [0.1, 0.15) is 18.7 Å². The third-order valence-corrected chi connectivity index (χ3v) is 4.39. The van der Waals surface area contributed by atoms with Crippen molar-refractivity contribution < 1.29 is 0 Å².